The van der Waals surface area contributed by atoms with Crippen LogP contribution in [0.1, 0.15) is 5.56 Å². The van der Waals surface area contributed by atoms with E-state index in [-0.39, 0.29) is 0 Å². The van der Waals surface area contributed by atoms with Crippen LogP contribution in [0.5, 0.6) is 0 Å². The summed E-state index contributed by atoms with van der Waals surface area (Å²) in [6, 6.07) is 5.83. The third kappa shape index (κ3) is 1.62. The monoisotopic (exact) mass is 231 g/mol. The average Bonchev–Trinajstić information content (AvgIpc) is 2.42. The van der Waals surface area contributed by atoms with Crippen molar-refractivity contribution >= 4 is 50.3 Å². The molecule has 1 aromatic heterocycles. The molecule has 0 radical (unpaired) electrons. The van der Waals surface area contributed by atoms with Gasteiger partial charge in [0.25, 0.3) is 0 Å². The topological polar surface area (TPSA) is 26.0 Å². The Balaban J connectivity index is 2.72. The molecule has 0 bridgehead atoms. The number of halogens is 2. The maximum Gasteiger partial charge on any atom is 0.0940 e. The van der Waals surface area contributed by atoms with Crippen molar-refractivity contribution in [2.45, 2.75) is 5.88 Å². The number of thiophene rings is 1. The van der Waals surface area contributed by atoms with Gasteiger partial charge in [0.15, 0.2) is 0 Å². The molecule has 0 unspecified atom stereocenters. The van der Waals surface area contributed by atoms with E-state index < -0.39 is 0 Å². The Labute approximate surface area is 90.1 Å². The molecule has 0 aliphatic heterocycles. The quantitative estimate of drug-likeness (QED) is 0.586. The van der Waals surface area contributed by atoms with Crippen LogP contribution in [0.4, 0.5) is 5.69 Å². The molecule has 0 spiro atoms. The summed E-state index contributed by atoms with van der Waals surface area (Å²) in [5, 5.41) is 1.11. The van der Waals surface area contributed by atoms with E-state index in [0.29, 0.717) is 5.88 Å². The summed E-state index contributed by atoms with van der Waals surface area (Å²) >= 11 is 13.1. The van der Waals surface area contributed by atoms with Gasteiger partial charge in [0.2, 0.25) is 0 Å². The van der Waals surface area contributed by atoms with Gasteiger partial charge in [0, 0.05) is 16.3 Å². The van der Waals surface area contributed by atoms with E-state index in [1.165, 1.54) is 11.3 Å². The number of fused-ring (bicyclic) bond motifs is 1. The van der Waals surface area contributed by atoms with Crippen LogP contribution in [0.2, 0.25) is 4.34 Å². The van der Waals surface area contributed by atoms with Crippen molar-refractivity contribution in [3.05, 3.63) is 28.1 Å². The fraction of sp³-hybridized carbons (Fsp3) is 0.111. The molecule has 2 N–H and O–H groups in total. The van der Waals surface area contributed by atoms with Gasteiger partial charge < -0.3 is 5.73 Å². The van der Waals surface area contributed by atoms with E-state index in [1.54, 1.807) is 0 Å². The molecule has 13 heavy (non-hydrogen) atoms. The molecule has 1 nitrogen and oxygen atoms in total. The molecule has 0 aliphatic rings. The molecular weight excluding hydrogens is 225 g/mol. The molecule has 0 saturated heterocycles. The Hall–Kier alpha value is -0.440. The molecule has 0 atom stereocenters. The minimum atomic E-state index is 0.440. The van der Waals surface area contributed by atoms with E-state index >= 15 is 0 Å². The minimum absolute atomic E-state index is 0.440. The van der Waals surface area contributed by atoms with E-state index in [2.05, 4.69) is 0 Å². The van der Waals surface area contributed by atoms with E-state index in [0.717, 1.165) is 25.7 Å². The summed E-state index contributed by atoms with van der Waals surface area (Å²) < 4.78 is 1.89. The third-order valence-electron chi connectivity index (χ3n) is 1.89. The Morgan fingerprint density at radius 1 is 1.31 bits per heavy atom. The molecule has 2 rings (SSSR count). The van der Waals surface area contributed by atoms with E-state index in [9.17, 15) is 0 Å². The number of rotatable bonds is 1. The molecule has 0 amide bonds. The van der Waals surface area contributed by atoms with Crippen LogP contribution < -0.4 is 5.73 Å². The van der Waals surface area contributed by atoms with Gasteiger partial charge in [-0.05, 0) is 29.1 Å². The van der Waals surface area contributed by atoms with Crippen molar-refractivity contribution in [3.8, 4) is 0 Å². The van der Waals surface area contributed by atoms with E-state index in [4.69, 9.17) is 28.9 Å². The Bertz CT molecular complexity index is 450. The highest BCUT2D eigenvalue weighted by Crippen LogP contribution is 2.32. The van der Waals surface area contributed by atoms with Gasteiger partial charge in [-0.25, -0.2) is 0 Å². The van der Waals surface area contributed by atoms with Crippen molar-refractivity contribution in [3.63, 3.8) is 0 Å². The summed E-state index contributed by atoms with van der Waals surface area (Å²) in [5.41, 5.74) is 7.48. The predicted octanol–water partition coefficient (Wildman–Crippen LogP) is 3.88. The van der Waals surface area contributed by atoms with Crippen LogP contribution in [-0.2, 0) is 5.88 Å². The highest BCUT2D eigenvalue weighted by molar-refractivity contribution is 7.22. The number of hydrogen-bond acceptors (Lipinski definition) is 2. The second kappa shape index (κ2) is 3.37. The van der Waals surface area contributed by atoms with Crippen molar-refractivity contribution in [2.75, 3.05) is 5.73 Å². The van der Waals surface area contributed by atoms with Crippen LogP contribution in [0.3, 0.4) is 0 Å². The van der Waals surface area contributed by atoms with Crippen molar-refractivity contribution < 1.29 is 0 Å². The first kappa shape index (κ1) is 9.13. The number of nitrogen functional groups attached to an aromatic ring is 1. The Morgan fingerprint density at radius 3 is 2.77 bits per heavy atom. The average molecular weight is 232 g/mol. The summed E-state index contributed by atoms with van der Waals surface area (Å²) in [6.45, 7) is 0. The first-order valence-electron chi connectivity index (χ1n) is 3.74. The van der Waals surface area contributed by atoms with Crippen molar-refractivity contribution in [1.82, 2.24) is 0 Å². The van der Waals surface area contributed by atoms with Crippen LogP contribution >= 0.6 is 34.5 Å². The second-order valence-corrected chi connectivity index (χ2v) is 4.76. The van der Waals surface area contributed by atoms with Gasteiger partial charge in [-0.15, -0.1) is 22.9 Å². The summed E-state index contributed by atoms with van der Waals surface area (Å²) in [6.07, 6.45) is 0. The molecule has 1 heterocycles. The molecule has 0 fully saturated rings. The first-order valence-corrected chi connectivity index (χ1v) is 5.47. The minimum Gasteiger partial charge on any atom is -0.398 e. The smallest absolute Gasteiger partial charge is 0.0940 e. The first-order chi connectivity index (χ1) is 6.20. The van der Waals surface area contributed by atoms with Gasteiger partial charge in [-0.2, -0.15) is 0 Å². The Kier molecular flexibility index (Phi) is 2.37. The van der Waals surface area contributed by atoms with Crippen LogP contribution in [-0.4, -0.2) is 0 Å². The number of benzene rings is 1. The zero-order valence-corrected chi connectivity index (χ0v) is 9.01. The van der Waals surface area contributed by atoms with Gasteiger partial charge in [-0.1, -0.05) is 11.6 Å². The predicted molar refractivity (Wildman–Crippen MR) is 60.8 cm³/mol. The van der Waals surface area contributed by atoms with Gasteiger partial charge >= 0.3 is 0 Å². The third-order valence-corrected chi connectivity index (χ3v) is 3.41. The van der Waals surface area contributed by atoms with Crippen LogP contribution in [0.25, 0.3) is 10.1 Å². The lowest BCUT2D eigenvalue weighted by Gasteiger charge is -2.00. The molecule has 2 aromatic rings. The molecule has 0 aliphatic carbocycles. The van der Waals surface area contributed by atoms with E-state index in [1.807, 2.05) is 18.2 Å². The zero-order chi connectivity index (χ0) is 9.42. The second-order valence-electron chi connectivity index (χ2n) is 2.77. The largest absolute Gasteiger partial charge is 0.398 e. The van der Waals surface area contributed by atoms with Crippen LogP contribution in [0.15, 0.2) is 18.2 Å². The summed E-state index contributed by atoms with van der Waals surface area (Å²) in [5.74, 6) is 0.440. The molecular formula is C9H7Cl2NS. The van der Waals surface area contributed by atoms with Gasteiger partial charge in [0.05, 0.1) is 4.34 Å². The molecule has 68 valence electrons. The van der Waals surface area contributed by atoms with Crippen molar-refractivity contribution in [1.29, 1.82) is 0 Å². The highest BCUT2D eigenvalue weighted by atomic mass is 35.5. The maximum absolute atomic E-state index is 5.88. The molecule has 1 aromatic carbocycles. The van der Waals surface area contributed by atoms with Crippen LogP contribution in [0, 0.1) is 0 Å². The summed E-state index contributed by atoms with van der Waals surface area (Å²) in [4.78, 5) is 0. The number of anilines is 1. The lowest BCUT2D eigenvalue weighted by atomic mass is 10.1. The normalized spacial score (nSPS) is 10.9. The van der Waals surface area contributed by atoms with Crippen molar-refractivity contribution in [2.24, 2.45) is 0 Å². The fourth-order valence-corrected chi connectivity index (χ4v) is 2.65. The highest BCUT2D eigenvalue weighted by Gasteiger charge is 2.04. The lowest BCUT2D eigenvalue weighted by molar-refractivity contribution is 1.43. The number of hydrogen-bond donors (Lipinski definition) is 1. The SMILES string of the molecule is Nc1cc2sc(Cl)cc2cc1CCl. The lowest BCUT2D eigenvalue weighted by Crippen LogP contribution is -1.90. The molecule has 4 heteroatoms. The zero-order valence-electron chi connectivity index (χ0n) is 6.68. The Morgan fingerprint density at radius 2 is 2.08 bits per heavy atom. The fourth-order valence-electron chi connectivity index (χ4n) is 1.23. The molecule has 0 saturated carbocycles. The number of alkyl halides is 1. The van der Waals surface area contributed by atoms with Gasteiger partial charge in [-0.3, -0.25) is 0 Å². The number of nitrogens with two attached hydrogens (primary N) is 1. The maximum atomic E-state index is 5.88. The van der Waals surface area contributed by atoms with Gasteiger partial charge in [0.1, 0.15) is 0 Å². The standard InChI is InChI=1S/C9H7Cl2NS/c10-4-6-1-5-2-9(11)13-8(5)3-7(6)12/h1-3H,4,12H2. The summed E-state index contributed by atoms with van der Waals surface area (Å²) in [7, 11) is 0.